The van der Waals surface area contributed by atoms with Crippen molar-refractivity contribution in [3.05, 3.63) is 29.8 Å². The highest BCUT2D eigenvalue weighted by atomic mass is 16.6. The van der Waals surface area contributed by atoms with Crippen LogP contribution in [-0.4, -0.2) is 37.3 Å². The summed E-state index contributed by atoms with van der Waals surface area (Å²) in [5.41, 5.74) is 0.583. The molecule has 0 radical (unpaired) electrons. The molecule has 0 unspecified atom stereocenters. The Labute approximate surface area is 142 Å². The van der Waals surface area contributed by atoms with Gasteiger partial charge in [-0.15, -0.1) is 0 Å². The molecule has 2 rings (SSSR count). The van der Waals surface area contributed by atoms with E-state index in [1.165, 1.54) is 0 Å². The lowest BCUT2D eigenvalue weighted by Crippen LogP contribution is -2.35. The Balaban J connectivity index is 1.70. The second-order valence-electron chi connectivity index (χ2n) is 6.94. The summed E-state index contributed by atoms with van der Waals surface area (Å²) in [6, 6.07) is 7.99. The number of alkyl carbamates (subject to hydrolysis) is 1. The van der Waals surface area contributed by atoms with E-state index in [2.05, 4.69) is 10.6 Å². The number of rotatable bonds is 6. The molecule has 0 bridgehead atoms. The fourth-order valence-electron chi connectivity index (χ4n) is 2.54. The number of carbonyl (C=O) groups is 2. The second-order valence-corrected chi connectivity index (χ2v) is 6.94. The molecule has 0 aromatic heterocycles. The molecule has 24 heavy (non-hydrogen) atoms. The lowest BCUT2D eigenvalue weighted by molar-refractivity contribution is -0.121. The van der Waals surface area contributed by atoms with Gasteiger partial charge in [-0.1, -0.05) is 18.2 Å². The van der Waals surface area contributed by atoms with Gasteiger partial charge in [0.1, 0.15) is 11.4 Å². The number of methoxy groups -OCH3 is 1. The molecule has 2 N–H and O–H groups in total. The molecule has 2 amide bonds. The maximum absolute atomic E-state index is 12.0. The van der Waals surface area contributed by atoms with Gasteiger partial charge < -0.3 is 20.1 Å². The van der Waals surface area contributed by atoms with Crippen LogP contribution in [0.3, 0.4) is 0 Å². The molecule has 0 aliphatic heterocycles. The smallest absolute Gasteiger partial charge is 0.407 e. The summed E-state index contributed by atoms with van der Waals surface area (Å²) in [6.07, 6.45) is 0.633. The maximum atomic E-state index is 12.0. The van der Waals surface area contributed by atoms with Gasteiger partial charge in [0.05, 0.1) is 7.11 Å². The first-order chi connectivity index (χ1) is 11.3. The molecule has 132 valence electrons. The van der Waals surface area contributed by atoms with E-state index in [9.17, 15) is 9.59 Å². The minimum atomic E-state index is -0.539. The first-order valence-corrected chi connectivity index (χ1v) is 8.19. The topological polar surface area (TPSA) is 76.7 Å². The summed E-state index contributed by atoms with van der Waals surface area (Å²) in [5.74, 6) is 1.07. The van der Waals surface area contributed by atoms with Gasteiger partial charge in [-0.3, -0.25) is 4.79 Å². The van der Waals surface area contributed by atoms with Crippen LogP contribution >= 0.6 is 0 Å². The molecule has 6 heteroatoms. The highest BCUT2D eigenvalue weighted by Gasteiger charge is 2.40. The Hall–Kier alpha value is -2.24. The zero-order valence-electron chi connectivity index (χ0n) is 14.7. The maximum Gasteiger partial charge on any atom is 0.407 e. The Kier molecular flexibility index (Phi) is 5.70. The van der Waals surface area contributed by atoms with Crippen LogP contribution in [0.5, 0.6) is 5.75 Å². The molecule has 0 heterocycles. The molecule has 1 aliphatic carbocycles. The molecule has 1 fully saturated rings. The van der Waals surface area contributed by atoms with Crippen molar-refractivity contribution in [3.8, 4) is 5.75 Å². The van der Waals surface area contributed by atoms with E-state index in [-0.39, 0.29) is 24.9 Å². The van der Waals surface area contributed by atoms with Gasteiger partial charge in [0.25, 0.3) is 0 Å². The SMILES string of the molecule is COc1ccccc1[C@@H]1C[C@@H]1NC(=O)CCNC(=O)OC(C)(C)C. The average Bonchev–Trinajstić information content (AvgIpc) is 3.24. The predicted molar refractivity (Wildman–Crippen MR) is 91.1 cm³/mol. The minimum Gasteiger partial charge on any atom is -0.496 e. The quantitative estimate of drug-likeness (QED) is 0.838. The summed E-state index contributed by atoms with van der Waals surface area (Å²) in [7, 11) is 1.65. The van der Waals surface area contributed by atoms with Crippen LogP contribution in [0.4, 0.5) is 4.79 Å². The van der Waals surface area contributed by atoms with E-state index in [1.54, 1.807) is 27.9 Å². The lowest BCUT2D eigenvalue weighted by Gasteiger charge is -2.19. The first kappa shape index (κ1) is 18.1. The number of nitrogens with one attached hydrogen (secondary N) is 2. The number of para-hydroxylation sites is 1. The van der Waals surface area contributed by atoms with Gasteiger partial charge in [0.2, 0.25) is 5.91 Å². The van der Waals surface area contributed by atoms with Crippen molar-refractivity contribution in [1.29, 1.82) is 0 Å². The lowest BCUT2D eigenvalue weighted by atomic mass is 10.1. The van der Waals surface area contributed by atoms with E-state index >= 15 is 0 Å². The van der Waals surface area contributed by atoms with Crippen LogP contribution in [0.15, 0.2) is 24.3 Å². The van der Waals surface area contributed by atoms with Crippen LogP contribution in [0.25, 0.3) is 0 Å². The number of ether oxygens (including phenoxy) is 2. The van der Waals surface area contributed by atoms with Gasteiger partial charge in [0, 0.05) is 24.9 Å². The molecular weight excluding hydrogens is 308 g/mol. The summed E-state index contributed by atoms with van der Waals surface area (Å²) in [5, 5.41) is 5.57. The average molecular weight is 334 g/mol. The molecule has 1 aromatic rings. The molecular formula is C18H26N2O4. The molecule has 6 nitrogen and oxygen atoms in total. The van der Waals surface area contributed by atoms with Crippen LogP contribution in [0.1, 0.15) is 45.1 Å². The van der Waals surface area contributed by atoms with Crippen molar-refractivity contribution < 1.29 is 19.1 Å². The number of carbonyl (C=O) groups excluding carboxylic acids is 2. The van der Waals surface area contributed by atoms with E-state index < -0.39 is 11.7 Å². The van der Waals surface area contributed by atoms with Gasteiger partial charge in [0.15, 0.2) is 0 Å². The van der Waals surface area contributed by atoms with Crippen LogP contribution in [-0.2, 0) is 9.53 Å². The molecule has 1 saturated carbocycles. The van der Waals surface area contributed by atoms with Crippen molar-refractivity contribution in [2.75, 3.05) is 13.7 Å². The fourth-order valence-corrected chi connectivity index (χ4v) is 2.54. The third kappa shape index (κ3) is 5.44. The monoisotopic (exact) mass is 334 g/mol. The van der Waals surface area contributed by atoms with E-state index in [4.69, 9.17) is 9.47 Å². The minimum absolute atomic E-state index is 0.0755. The second kappa shape index (κ2) is 7.55. The highest BCUT2D eigenvalue weighted by Crippen LogP contribution is 2.44. The van der Waals surface area contributed by atoms with Crippen molar-refractivity contribution in [3.63, 3.8) is 0 Å². The van der Waals surface area contributed by atoms with Crippen molar-refractivity contribution in [2.45, 2.75) is 51.2 Å². The van der Waals surface area contributed by atoms with Gasteiger partial charge in [-0.25, -0.2) is 4.79 Å². The van der Waals surface area contributed by atoms with E-state index in [1.807, 2.05) is 24.3 Å². The zero-order valence-corrected chi connectivity index (χ0v) is 14.7. The predicted octanol–water partition coefficient (Wildman–Crippen LogP) is 2.58. The van der Waals surface area contributed by atoms with Crippen molar-refractivity contribution >= 4 is 12.0 Å². The standard InChI is InChI=1S/C18H26N2O4/c1-18(2,3)24-17(22)19-10-9-16(21)20-14-11-13(14)12-7-5-6-8-15(12)23-4/h5-8,13-14H,9-11H2,1-4H3,(H,19,22)(H,20,21)/t13-,14-/m0/s1. The number of amides is 2. The van der Waals surface area contributed by atoms with Gasteiger partial charge in [-0.2, -0.15) is 0 Å². The van der Waals surface area contributed by atoms with Crippen LogP contribution < -0.4 is 15.4 Å². The van der Waals surface area contributed by atoms with Crippen molar-refractivity contribution in [2.24, 2.45) is 0 Å². The fraction of sp³-hybridized carbons (Fsp3) is 0.556. The van der Waals surface area contributed by atoms with E-state index in [0.29, 0.717) is 5.92 Å². The Bertz CT molecular complexity index is 595. The summed E-state index contributed by atoms with van der Waals surface area (Å²) < 4.78 is 10.5. The van der Waals surface area contributed by atoms with Crippen LogP contribution in [0.2, 0.25) is 0 Å². The summed E-state index contributed by atoms with van der Waals surface area (Å²) in [6.45, 7) is 5.64. The normalized spacial score (nSPS) is 19.3. The highest BCUT2D eigenvalue weighted by molar-refractivity contribution is 5.78. The molecule has 1 aliphatic rings. The summed E-state index contributed by atoms with van der Waals surface area (Å²) >= 11 is 0. The number of benzene rings is 1. The van der Waals surface area contributed by atoms with Crippen LogP contribution in [0, 0.1) is 0 Å². The Morgan fingerprint density at radius 3 is 2.62 bits per heavy atom. The molecule has 0 spiro atoms. The third-order valence-corrected chi connectivity index (χ3v) is 3.70. The number of hydrogen-bond donors (Lipinski definition) is 2. The van der Waals surface area contributed by atoms with Gasteiger partial charge >= 0.3 is 6.09 Å². The first-order valence-electron chi connectivity index (χ1n) is 8.19. The zero-order chi connectivity index (χ0) is 17.7. The molecule has 0 saturated heterocycles. The van der Waals surface area contributed by atoms with Crippen molar-refractivity contribution in [1.82, 2.24) is 10.6 Å². The summed E-state index contributed by atoms with van der Waals surface area (Å²) in [4.78, 5) is 23.5. The molecule has 2 atom stereocenters. The van der Waals surface area contributed by atoms with E-state index in [0.717, 1.165) is 17.7 Å². The number of hydrogen-bond acceptors (Lipinski definition) is 4. The largest absolute Gasteiger partial charge is 0.496 e. The third-order valence-electron chi connectivity index (χ3n) is 3.70. The van der Waals surface area contributed by atoms with Gasteiger partial charge in [-0.05, 0) is 38.8 Å². The Morgan fingerprint density at radius 1 is 1.25 bits per heavy atom. The molecule has 1 aromatic carbocycles. The Morgan fingerprint density at radius 2 is 1.96 bits per heavy atom.